The Morgan fingerprint density at radius 2 is 1.84 bits per heavy atom. The Hall–Kier alpha value is -2.20. The molecule has 0 radical (unpaired) electrons. The molecule has 11 heteroatoms. The number of hydrogen-bond acceptors (Lipinski definition) is 5. The second-order valence-corrected chi connectivity index (χ2v) is 14.5. The van der Waals surface area contributed by atoms with Crippen LogP contribution in [0.2, 0.25) is 10.0 Å². The first-order valence-corrected chi connectivity index (χ1v) is 14.7. The van der Waals surface area contributed by atoms with Crippen molar-refractivity contribution in [2.24, 2.45) is 5.92 Å². The molecule has 7 nitrogen and oxygen atoms in total. The highest BCUT2D eigenvalue weighted by Crippen LogP contribution is 2.48. The quantitative estimate of drug-likeness (QED) is 0.432. The van der Waals surface area contributed by atoms with E-state index in [0.29, 0.717) is 29.0 Å². The molecule has 0 bridgehead atoms. The molecule has 1 amide bonds. The third-order valence-corrected chi connectivity index (χ3v) is 10.3. The van der Waals surface area contributed by atoms with E-state index in [1.165, 1.54) is 17.0 Å². The second kappa shape index (κ2) is 10.8. The minimum absolute atomic E-state index is 0.111. The molecule has 2 fully saturated rings. The predicted molar refractivity (Wildman–Crippen MR) is 142 cm³/mol. The number of hydrogen-bond donors (Lipinski definition) is 1. The zero-order valence-electron chi connectivity index (χ0n) is 21.2. The lowest BCUT2D eigenvalue weighted by atomic mass is 9.89. The smallest absolute Gasteiger partial charge is 0.306 e. The van der Waals surface area contributed by atoms with Gasteiger partial charge in [0.05, 0.1) is 28.0 Å². The van der Waals surface area contributed by atoms with E-state index >= 15 is 0 Å². The van der Waals surface area contributed by atoms with Crippen LogP contribution >= 0.6 is 23.2 Å². The Bertz CT molecular complexity index is 1340. The summed E-state index contributed by atoms with van der Waals surface area (Å²) in [6.45, 7) is 4.80. The first kappa shape index (κ1) is 28.8. The van der Waals surface area contributed by atoms with Gasteiger partial charge in [0, 0.05) is 11.1 Å². The monoisotopic (exact) mass is 585 g/mol. The number of carbonyl (C=O) groups excluding carboxylic acids is 1. The normalized spacial score (nSPS) is 23.4. The highest BCUT2D eigenvalue weighted by atomic mass is 35.5. The van der Waals surface area contributed by atoms with Gasteiger partial charge >= 0.3 is 5.97 Å². The molecular weight excluding hydrogens is 556 g/mol. The first-order valence-electron chi connectivity index (χ1n) is 12.3. The van der Waals surface area contributed by atoms with E-state index in [2.05, 4.69) is 0 Å². The van der Waals surface area contributed by atoms with Gasteiger partial charge in [-0.05, 0) is 74.9 Å². The molecule has 2 aromatic carbocycles. The number of ether oxygens (including phenoxy) is 1. The number of aliphatic carboxylic acids is 1. The van der Waals surface area contributed by atoms with Crippen molar-refractivity contribution in [2.75, 3.05) is 5.75 Å². The van der Waals surface area contributed by atoms with Crippen LogP contribution in [0.1, 0.15) is 63.3 Å². The Morgan fingerprint density at radius 1 is 1.16 bits per heavy atom. The predicted octanol–water partition coefficient (Wildman–Crippen LogP) is 5.61. The topological polar surface area (TPSA) is 101 Å². The van der Waals surface area contributed by atoms with Crippen LogP contribution in [0.5, 0.6) is 0 Å². The average molecular weight is 587 g/mol. The molecule has 1 N–H and O–H groups in total. The van der Waals surface area contributed by atoms with Gasteiger partial charge in [-0.25, -0.2) is 12.8 Å². The van der Waals surface area contributed by atoms with Crippen molar-refractivity contribution < 1.29 is 32.2 Å². The molecular formula is C27H30Cl2FNO6S. The summed E-state index contributed by atoms with van der Waals surface area (Å²) < 4.78 is 46.5. The van der Waals surface area contributed by atoms with Crippen LogP contribution in [0.4, 0.5) is 4.39 Å². The van der Waals surface area contributed by atoms with Gasteiger partial charge in [0.15, 0.2) is 9.84 Å². The summed E-state index contributed by atoms with van der Waals surface area (Å²) in [5.74, 6) is -3.03. The van der Waals surface area contributed by atoms with E-state index in [9.17, 15) is 27.5 Å². The molecule has 206 valence electrons. The van der Waals surface area contributed by atoms with Gasteiger partial charge in [-0.3, -0.25) is 9.59 Å². The summed E-state index contributed by atoms with van der Waals surface area (Å²) in [6, 6.07) is 9.11. The summed E-state index contributed by atoms with van der Waals surface area (Å²) >= 11 is 12.2. The van der Waals surface area contributed by atoms with Crippen molar-refractivity contribution >= 4 is 44.9 Å². The summed E-state index contributed by atoms with van der Waals surface area (Å²) in [5.41, 5.74) is 0.886. The van der Waals surface area contributed by atoms with Crippen molar-refractivity contribution in [3.63, 3.8) is 0 Å². The van der Waals surface area contributed by atoms with Gasteiger partial charge in [0.2, 0.25) is 0 Å². The molecule has 2 aliphatic rings. The molecule has 1 aliphatic carbocycles. The van der Waals surface area contributed by atoms with Crippen molar-refractivity contribution in [2.45, 2.75) is 69.1 Å². The minimum atomic E-state index is -3.69. The Kier molecular flexibility index (Phi) is 8.15. The lowest BCUT2D eigenvalue weighted by molar-refractivity contribution is -0.183. The third kappa shape index (κ3) is 6.01. The maximum Gasteiger partial charge on any atom is 0.306 e. The number of sulfone groups is 1. The lowest BCUT2D eigenvalue weighted by Gasteiger charge is -2.48. The van der Waals surface area contributed by atoms with Gasteiger partial charge in [-0.1, -0.05) is 41.4 Å². The maximum absolute atomic E-state index is 14.7. The van der Waals surface area contributed by atoms with E-state index < -0.39 is 63.0 Å². The van der Waals surface area contributed by atoms with E-state index in [1.807, 2.05) is 0 Å². The number of carboxylic acid groups (broad SMARTS) is 1. The van der Waals surface area contributed by atoms with Gasteiger partial charge < -0.3 is 14.7 Å². The van der Waals surface area contributed by atoms with Crippen LogP contribution in [0.15, 0.2) is 42.5 Å². The molecule has 1 saturated carbocycles. The number of halogens is 3. The molecule has 1 heterocycles. The van der Waals surface area contributed by atoms with E-state index in [-0.39, 0.29) is 16.7 Å². The minimum Gasteiger partial charge on any atom is -0.481 e. The molecule has 1 saturated heterocycles. The summed E-state index contributed by atoms with van der Waals surface area (Å²) in [4.78, 5) is 27.1. The van der Waals surface area contributed by atoms with Gasteiger partial charge in [0.25, 0.3) is 5.91 Å². The molecule has 38 heavy (non-hydrogen) atoms. The van der Waals surface area contributed by atoms with Crippen LogP contribution < -0.4 is 0 Å². The fraction of sp³-hybridized carbons (Fsp3) is 0.481. The van der Waals surface area contributed by atoms with E-state index in [0.717, 1.165) is 0 Å². The molecule has 4 atom stereocenters. The molecule has 0 aromatic heterocycles. The molecule has 0 spiro atoms. The van der Waals surface area contributed by atoms with Gasteiger partial charge in [0.1, 0.15) is 18.0 Å². The van der Waals surface area contributed by atoms with Crippen LogP contribution in [0.25, 0.3) is 0 Å². The van der Waals surface area contributed by atoms with E-state index in [4.69, 9.17) is 27.9 Å². The largest absolute Gasteiger partial charge is 0.481 e. The fourth-order valence-corrected chi connectivity index (χ4v) is 6.50. The van der Waals surface area contributed by atoms with E-state index in [1.54, 1.807) is 51.1 Å². The number of nitrogens with zero attached hydrogens (tertiary/aromatic N) is 1. The lowest BCUT2D eigenvalue weighted by Crippen LogP contribution is -2.58. The molecule has 0 unspecified atom stereocenters. The zero-order valence-corrected chi connectivity index (χ0v) is 23.6. The number of benzene rings is 2. The van der Waals surface area contributed by atoms with Crippen molar-refractivity contribution in [1.29, 1.82) is 0 Å². The fourth-order valence-electron chi connectivity index (χ4n) is 4.80. The summed E-state index contributed by atoms with van der Waals surface area (Å²) in [5, 5.41) is 9.82. The maximum atomic E-state index is 14.7. The van der Waals surface area contributed by atoms with Crippen molar-refractivity contribution in [3.05, 3.63) is 69.5 Å². The van der Waals surface area contributed by atoms with Crippen molar-refractivity contribution in [1.82, 2.24) is 4.90 Å². The zero-order chi connectivity index (χ0) is 28.0. The number of rotatable bonds is 8. The SMILES string of the molecule is CC(C)(C)S(=O)(=O)C[C@H](C1CC1)N1C(=O)[C@@H](CC(=O)O)O[C@H](c2cccc(Cl)c2)[C@H]1c1ccc(Cl)c(F)c1. The van der Waals surface area contributed by atoms with Gasteiger partial charge in [-0.15, -0.1) is 0 Å². The van der Waals surface area contributed by atoms with Crippen molar-refractivity contribution in [3.8, 4) is 0 Å². The third-order valence-electron chi connectivity index (χ3n) is 7.10. The number of amides is 1. The average Bonchev–Trinajstić information content (AvgIpc) is 3.65. The highest BCUT2D eigenvalue weighted by molar-refractivity contribution is 7.92. The molecule has 1 aliphatic heterocycles. The Morgan fingerprint density at radius 3 is 2.39 bits per heavy atom. The first-order chi connectivity index (χ1) is 17.7. The number of carboxylic acids is 1. The Balaban J connectivity index is 1.92. The van der Waals surface area contributed by atoms with Gasteiger partial charge in [-0.2, -0.15) is 0 Å². The molecule has 4 rings (SSSR count). The highest BCUT2D eigenvalue weighted by Gasteiger charge is 2.52. The standard InChI is InChI=1S/C27H30Cl2FNO6S/c1-27(2,3)38(35,36)14-21(15-7-8-15)31-24(16-9-10-19(29)20(30)12-16)25(17-5-4-6-18(28)11-17)37-22(26(31)34)13-23(32)33/h4-6,9-12,15,21-22,24-25H,7-8,13-14H2,1-3H3,(H,32,33)/t21-,22-,24-,25-/m1/s1. The van der Waals surface area contributed by atoms with Crippen LogP contribution in [-0.2, 0) is 24.2 Å². The Labute approximate surface area is 231 Å². The number of carbonyl (C=O) groups is 2. The summed E-state index contributed by atoms with van der Waals surface area (Å²) in [6.07, 6.45) is -1.51. The van der Waals surface area contributed by atoms with Crippen LogP contribution in [0.3, 0.4) is 0 Å². The number of morpholine rings is 1. The van der Waals surface area contributed by atoms with Crippen LogP contribution in [0, 0.1) is 11.7 Å². The van der Waals surface area contributed by atoms with Crippen LogP contribution in [-0.4, -0.2) is 52.9 Å². The summed E-state index contributed by atoms with van der Waals surface area (Å²) in [7, 11) is -3.69. The molecule has 2 aromatic rings. The second-order valence-electron chi connectivity index (χ2n) is 10.9.